The van der Waals surface area contributed by atoms with Crippen molar-refractivity contribution in [1.29, 1.82) is 0 Å². The highest BCUT2D eigenvalue weighted by atomic mass is 35.5. The molecule has 21 heavy (non-hydrogen) atoms. The molecular formula is C16H15ClN2OS. The standard InChI is InChI=1S/C16H15ClN2OS/c1-9-3-4-10(2)12(7-9)16(20)19-14-8-11(15(18)21)5-6-13(14)17/h3-8H,1-2H3,(H2,18,21)(H,19,20). The maximum Gasteiger partial charge on any atom is 0.255 e. The number of hydrogen-bond acceptors (Lipinski definition) is 2. The summed E-state index contributed by atoms with van der Waals surface area (Å²) in [6, 6.07) is 10.8. The molecule has 108 valence electrons. The van der Waals surface area contributed by atoms with E-state index in [0.717, 1.165) is 11.1 Å². The minimum absolute atomic E-state index is 0.210. The number of nitrogens with two attached hydrogens (primary N) is 1. The predicted molar refractivity (Wildman–Crippen MR) is 91.2 cm³/mol. The van der Waals surface area contributed by atoms with Crippen LogP contribution >= 0.6 is 23.8 Å². The number of thiocarbonyl (C=S) groups is 1. The molecule has 0 heterocycles. The minimum Gasteiger partial charge on any atom is -0.389 e. The van der Waals surface area contributed by atoms with E-state index >= 15 is 0 Å². The van der Waals surface area contributed by atoms with Gasteiger partial charge in [0.25, 0.3) is 5.91 Å². The highest BCUT2D eigenvalue weighted by Crippen LogP contribution is 2.24. The number of hydrogen-bond donors (Lipinski definition) is 2. The van der Waals surface area contributed by atoms with Gasteiger partial charge in [0, 0.05) is 11.1 Å². The van der Waals surface area contributed by atoms with Crippen molar-refractivity contribution in [1.82, 2.24) is 0 Å². The Labute approximate surface area is 134 Å². The van der Waals surface area contributed by atoms with E-state index in [9.17, 15) is 4.79 Å². The molecule has 0 saturated carbocycles. The summed E-state index contributed by atoms with van der Waals surface area (Å²) >= 11 is 11.0. The van der Waals surface area contributed by atoms with Crippen molar-refractivity contribution in [2.75, 3.05) is 5.32 Å². The maximum absolute atomic E-state index is 12.4. The lowest BCUT2D eigenvalue weighted by atomic mass is 10.0. The monoisotopic (exact) mass is 318 g/mol. The molecule has 0 spiro atoms. The Morgan fingerprint density at radius 1 is 1.19 bits per heavy atom. The Bertz CT molecular complexity index is 728. The van der Waals surface area contributed by atoms with Crippen molar-refractivity contribution in [3.8, 4) is 0 Å². The Morgan fingerprint density at radius 3 is 2.57 bits per heavy atom. The number of rotatable bonds is 3. The van der Waals surface area contributed by atoms with Gasteiger partial charge in [0.1, 0.15) is 4.99 Å². The van der Waals surface area contributed by atoms with Crippen molar-refractivity contribution < 1.29 is 4.79 Å². The highest BCUT2D eigenvalue weighted by molar-refractivity contribution is 7.80. The third kappa shape index (κ3) is 3.60. The van der Waals surface area contributed by atoms with Crippen molar-refractivity contribution in [3.05, 3.63) is 63.7 Å². The number of anilines is 1. The van der Waals surface area contributed by atoms with Crippen LogP contribution < -0.4 is 11.1 Å². The van der Waals surface area contributed by atoms with Crippen LogP contribution in [-0.4, -0.2) is 10.9 Å². The number of amides is 1. The lowest BCUT2D eigenvalue weighted by molar-refractivity contribution is 0.102. The molecule has 3 nitrogen and oxygen atoms in total. The van der Waals surface area contributed by atoms with Gasteiger partial charge in [0.2, 0.25) is 0 Å². The fourth-order valence-corrected chi connectivity index (χ4v) is 2.24. The van der Waals surface area contributed by atoms with Gasteiger partial charge in [-0.15, -0.1) is 0 Å². The zero-order valence-corrected chi connectivity index (χ0v) is 13.3. The molecule has 2 rings (SSSR count). The molecule has 0 atom stereocenters. The van der Waals surface area contributed by atoms with E-state index < -0.39 is 0 Å². The highest BCUT2D eigenvalue weighted by Gasteiger charge is 2.12. The van der Waals surface area contributed by atoms with Crippen LogP contribution in [-0.2, 0) is 0 Å². The molecule has 0 aromatic heterocycles. The lowest BCUT2D eigenvalue weighted by Crippen LogP contribution is -2.15. The third-order valence-electron chi connectivity index (χ3n) is 3.14. The van der Waals surface area contributed by atoms with E-state index in [0.29, 0.717) is 21.8 Å². The summed E-state index contributed by atoms with van der Waals surface area (Å²) in [6.45, 7) is 3.83. The van der Waals surface area contributed by atoms with Crippen LogP contribution in [0.2, 0.25) is 5.02 Å². The second-order valence-corrected chi connectivity index (χ2v) is 5.68. The first-order valence-corrected chi connectivity index (χ1v) is 7.15. The van der Waals surface area contributed by atoms with Gasteiger partial charge in [-0.3, -0.25) is 4.79 Å². The molecule has 0 aliphatic rings. The molecule has 3 N–H and O–H groups in total. The summed E-state index contributed by atoms with van der Waals surface area (Å²) in [7, 11) is 0. The number of benzene rings is 2. The zero-order valence-electron chi connectivity index (χ0n) is 11.7. The second kappa shape index (κ2) is 6.24. The second-order valence-electron chi connectivity index (χ2n) is 4.83. The molecular weight excluding hydrogens is 304 g/mol. The van der Waals surface area contributed by atoms with Crippen LogP contribution in [0.4, 0.5) is 5.69 Å². The molecule has 0 aliphatic heterocycles. The Morgan fingerprint density at radius 2 is 1.90 bits per heavy atom. The Kier molecular flexibility index (Phi) is 4.60. The molecule has 2 aromatic carbocycles. The van der Waals surface area contributed by atoms with E-state index in [1.165, 1.54) is 0 Å². The number of aryl methyl sites for hydroxylation is 2. The fraction of sp³-hybridized carbons (Fsp3) is 0.125. The minimum atomic E-state index is -0.210. The first kappa shape index (κ1) is 15.5. The summed E-state index contributed by atoms with van der Waals surface area (Å²) in [5.41, 5.74) is 9.29. The van der Waals surface area contributed by atoms with Crippen molar-refractivity contribution >= 4 is 40.4 Å². The number of halogens is 1. The van der Waals surface area contributed by atoms with Crippen molar-refractivity contribution in [2.45, 2.75) is 13.8 Å². The maximum atomic E-state index is 12.4. The predicted octanol–water partition coefficient (Wildman–Crippen LogP) is 3.84. The summed E-state index contributed by atoms with van der Waals surface area (Å²) in [5, 5.41) is 3.24. The van der Waals surface area contributed by atoms with Crippen LogP contribution in [0.15, 0.2) is 36.4 Å². The summed E-state index contributed by atoms with van der Waals surface area (Å²) in [4.78, 5) is 12.6. The molecule has 0 radical (unpaired) electrons. The first-order chi connectivity index (χ1) is 9.88. The zero-order chi connectivity index (χ0) is 15.6. The van der Waals surface area contributed by atoms with Crippen LogP contribution in [0.1, 0.15) is 27.0 Å². The summed E-state index contributed by atoms with van der Waals surface area (Å²) in [6.07, 6.45) is 0. The van der Waals surface area contributed by atoms with Gasteiger partial charge in [0.05, 0.1) is 10.7 Å². The molecule has 0 saturated heterocycles. The Balaban J connectivity index is 2.33. The van der Waals surface area contributed by atoms with E-state index in [1.54, 1.807) is 18.2 Å². The SMILES string of the molecule is Cc1ccc(C)c(C(=O)Nc2cc(C(N)=S)ccc2Cl)c1. The van der Waals surface area contributed by atoms with Crippen molar-refractivity contribution in [2.24, 2.45) is 5.73 Å². The van der Waals surface area contributed by atoms with E-state index in [1.807, 2.05) is 32.0 Å². The lowest BCUT2D eigenvalue weighted by Gasteiger charge is -2.11. The molecule has 1 amide bonds. The van der Waals surface area contributed by atoms with Gasteiger partial charge in [-0.05, 0) is 37.6 Å². The fourth-order valence-electron chi connectivity index (χ4n) is 1.94. The Hall–Kier alpha value is -1.91. The van der Waals surface area contributed by atoms with Gasteiger partial charge in [-0.1, -0.05) is 47.6 Å². The van der Waals surface area contributed by atoms with E-state index in [-0.39, 0.29) is 10.9 Å². The average molecular weight is 319 g/mol. The van der Waals surface area contributed by atoms with Gasteiger partial charge in [-0.25, -0.2) is 0 Å². The quantitative estimate of drug-likeness (QED) is 0.845. The van der Waals surface area contributed by atoms with E-state index in [4.69, 9.17) is 29.6 Å². The molecule has 0 bridgehead atoms. The average Bonchev–Trinajstić information content (AvgIpc) is 2.43. The topological polar surface area (TPSA) is 55.1 Å². The van der Waals surface area contributed by atoms with Crippen molar-refractivity contribution in [3.63, 3.8) is 0 Å². The first-order valence-electron chi connectivity index (χ1n) is 6.36. The largest absolute Gasteiger partial charge is 0.389 e. The van der Waals surface area contributed by atoms with Gasteiger partial charge in [-0.2, -0.15) is 0 Å². The molecule has 0 aliphatic carbocycles. The number of carbonyl (C=O) groups is 1. The summed E-state index contributed by atoms with van der Waals surface area (Å²) in [5.74, 6) is -0.210. The van der Waals surface area contributed by atoms with Crippen LogP contribution in [0.3, 0.4) is 0 Å². The molecule has 2 aromatic rings. The van der Waals surface area contributed by atoms with Crippen LogP contribution in [0.5, 0.6) is 0 Å². The van der Waals surface area contributed by atoms with Crippen LogP contribution in [0, 0.1) is 13.8 Å². The van der Waals surface area contributed by atoms with Gasteiger partial charge in [0.15, 0.2) is 0 Å². The molecule has 0 fully saturated rings. The molecule has 5 heteroatoms. The van der Waals surface area contributed by atoms with Crippen LogP contribution in [0.25, 0.3) is 0 Å². The number of nitrogens with one attached hydrogen (secondary N) is 1. The summed E-state index contributed by atoms with van der Waals surface area (Å²) < 4.78 is 0. The normalized spacial score (nSPS) is 10.2. The third-order valence-corrected chi connectivity index (χ3v) is 3.70. The van der Waals surface area contributed by atoms with Gasteiger partial charge >= 0.3 is 0 Å². The molecule has 0 unspecified atom stereocenters. The van der Waals surface area contributed by atoms with E-state index in [2.05, 4.69) is 5.32 Å². The smallest absolute Gasteiger partial charge is 0.255 e. The number of carbonyl (C=O) groups excluding carboxylic acids is 1. The van der Waals surface area contributed by atoms with Gasteiger partial charge < -0.3 is 11.1 Å².